The number of carbonyl (C=O) groups is 1. The number of aryl methyl sites for hydroxylation is 1. The molecule has 1 heterocycles. The molecule has 5 nitrogen and oxygen atoms in total. The predicted octanol–water partition coefficient (Wildman–Crippen LogP) is 0.898. The topological polar surface area (TPSA) is 47.4 Å². The zero-order valence-corrected chi connectivity index (χ0v) is 10.1. The second kappa shape index (κ2) is 6.27. The number of imidazole rings is 1. The van der Waals surface area contributed by atoms with Crippen molar-refractivity contribution in [2.45, 2.75) is 26.9 Å². The molecule has 0 bridgehead atoms. The van der Waals surface area contributed by atoms with Crippen LogP contribution in [0.25, 0.3) is 0 Å². The van der Waals surface area contributed by atoms with E-state index in [9.17, 15) is 4.79 Å². The smallest absolute Gasteiger partial charge is 0.320 e. The van der Waals surface area contributed by atoms with Crippen LogP contribution in [0.3, 0.4) is 0 Å². The summed E-state index contributed by atoms with van der Waals surface area (Å²) >= 11 is 0. The SMILES string of the molecule is CCOC(=O)CN(C)Cc1cncn1CC. The first-order valence-electron chi connectivity index (χ1n) is 5.50. The van der Waals surface area contributed by atoms with Crippen LogP contribution in [-0.2, 0) is 22.6 Å². The van der Waals surface area contributed by atoms with Crippen molar-refractivity contribution in [1.29, 1.82) is 0 Å². The summed E-state index contributed by atoms with van der Waals surface area (Å²) in [6.45, 7) is 6.21. The molecule has 16 heavy (non-hydrogen) atoms. The number of hydrogen-bond donors (Lipinski definition) is 0. The van der Waals surface area contributed by atoms with E-state index in [2.05, 4.69) is 16.5 Å². The number of hydrogen-bond acceptors (Lipinski definition) is 4. The van der Waals surface area contributed by atoms with Crippen LogP contribution >= 0.6 is 0 Å². The Balaban J connectivity index is 2.45. The van der Waals surface area contributed by atoms with Crippen molar-refractivity contribution >= 4 is 5.97 Å². The van der Waals surface area contributed by atoms with Crippen LogP contribution < -0.4 is 0 Å². The van der Waals surface area contributed by atoms with Gasteiger partial charge in [-0.1, -0.05) is 0 Å². The molecule has 1 aromatic heterocycles. The lowest BCUT2D eigenvalue weighted by molar-refractivity contribution is -0.144. The average molecular weight is 225 g/mol. The second-order valence-electron chi connectivity index (χ2n) is 3.65. The molecule has 1 rings (SSSR count). The van der Waals surface area contributed by atoms with Gasteiger partial charge in [0.25, 0.3) is 0 Å². The standard InChI is InChI=1S/C11H19N3O2/c1-4-14-9-12-6-10(14)7-13(3)8-11(15)16-5-2/h6,9H,4-5,7-8H2,1-3H3. The molecule has 0 atom stereocenters. The van der Waals surface area contributed by atoms with Crippen molar-refractivity contribution in [3.05, 3.63) is 18.2 Å². The Morgan fingerprint density at radius 2 is 2.31 bits per heavy atom. The molecular weight excluding hydrogens is 206 g/mol. The van der Waals surface area contributed by atoms with Gasteiger partial charge in [0.05, 0.1) is 25.2 Å². The highest BCUT2D eigenvalue weighted by molar-refractivity contribution is 5.71. The van der Waals surface area contributed by atoms with Crippen LogP contribution in [0.1, 0.15) is 19.5 Å². The molecule has 0 N–H and O–H groups in total. The number of ether oxygens (including phenoxy) is 1. The summed E-state index contributed by atoms with van der Waals surface area (Å²) in [4.78, 5) is 17.2. The molecule has 0 spiro atoms. The van der Waals surface area contributed by atoms with Crippen LogP contribution in [0, 0.1) is 0 Å². The predicted molar refractivity (Wildman–Crippen MR) is 60.9 cm³/mol. The van der Waals surface area contributed by atoms with E-state index in [1.165, 1.54) is 0 Å². The molecule has 0 fully saturated rings. The Labute approximate surface area is 96.0 Å². The largest absolute Gasteiger partial charge is 0.465 e. The third-order valence-electron chi connectivity index (χ3n) is 2.28. The molecular formula is C11H19N3O2. The Morgan fingerprint density at radius 3 is 2.94 bits per heavy atom. The molecule has 0 aliphatic rings. The van der Waals surface area contributed by atoms with E-state index in [4.69, 9.17) is 4.74 Å². The lowest BCUT2D eigenvalue weighted by Gasteiger charge is -2.16. The van der Waals surface area contributed by atoms with Crippen molar-refractivity contribution in [2.24, 2.45) is 0 Å². The highest BCUT2D eigenvalue weighted by atomic mass is 16.5. The van der Waals surface area contributed by atoms with Gasteiger partial charge >= 0.3 is 5.97 Å². The van der Waals surface area contributed by atoms with Gasteiger partial charge < -0.3 is 9.30 Å². The fourth-order valence-electron chi connectivity index (χ4n) is 1.52. The Bertz CT molecular complexity index is 336. The van der Waals surface area contributed by atoms with Crippen molar-refractivity contribution in [3.63, 3.8) is 0 Å². The maximum Gasteiger partial charge on any atom is 0.320 e. The monoisotopic (exact) mass is 225 g/mol. The molecule has 0 radical (unpaired) electrons. The zero-order chi connectivity index (χ0) is 12.0. The summed E-state index contributed by atoms with van der Waals surface area (Å²) in [6, 6.07) is 0. The molecule has 0 aliphatic carbocycles. The summed E-state index contributed by atoms with van der Waals surface area (Å²) in [5.74, 6) is -0.187. The minimum absolute atomic E-state index is 0.187. The van der Waals surface area contributed by atoms with E-state index in [0.717, 1.165) is 12.2 Å². The van der Waals surface area contributed by atoms with E-state index in [-0.39, 0.29) is 5.97 Å². The highest BCUT2D eigenvalue weighted by Gasteiger charge is 2.09. The Hall–Kier alpha value is -1.36. The lowest BCUT2D eigenvalue weighted by atomic mass is 10.4. The van der Waals surface area contributed by atoms with Gasteiger partial charge in [-0.15, -0.1) is 0 Å². The normalized spacial score (nSPS) is 10.8. The van der Waals surface area contributed by atoms with Crippen LogP contribution in [0.4, 0.5) is 0 Å². The highest BCUT2D eigenvalue weighted by Crippen LogP contribution is 2.03. The van der Waals surface area contributed by atoms with Crippen molar-refractivity contribution < 1.29 is 9.53 Å². The van der Waals surface area contributed by atoms with Crippen molar-refractivity contribution in [2.75, 3.05) is 20.2 Å². The fraction of sp³-hybridized carbons (Fsp3) is 0.636. The van der Waals surface area contributed by atoms with Crippen molar-refractivity contribution in [1.82, 2.24) is 14.5 Å². The van der Waals surface area contributed by atoms with Crippen LogP contribution in [0.15, 0.2) is 12.5 Å². The summed E-state index contributed by atoms with van der Waals surface area (Å²) in [5.41, 5.74) is 1.11. The van der Waals surface area contributed by atoms with Gasteiger partial charge in [0.2, 0.25) is 0 Å². The van der Waals surface area contributed by atoms with Gasteiger partial charge in [-0.3, -0.25) is 9.69 Å². The number of carbonyl (C=O) groups excluding carboxylic acids is 1. The van der Waals surface area contributed by atoms with E-state index in [1.807, 2.05) is 25.1 Å². The summed E-state index contributed by atoms with van der Waals surface area (Å²) < 4.78 is 6.94. The zero-order valence-electron chi connectivity index (χ0n) is 10.1. The minimum Gasteiger partial charge on any atom is -0.465 e. The van der Waals surface area contributed by atoms with Crippen LogP contribution in [-0.4, -0.2) is 40.6 Å². The summed E-state index contributed by atoms with van der Waals surface area (Å²) in [6.07, 6.45) is 3.62. The number of aromatic nitrogens is 2. The van der Waals surface area contributed by atoms with E-state index < -0.39 is 0 Å². The third kappa shape index (κ3) is 3.66. The molecule has 5 heteroatoms. The summed E-state index contributed by atoms with van der Waals surface area (Å²) in [7, 11) is 1.89. The second-order valence-corrected chi connectivity index (χ2v) is 3.65. The van der Waals surface area contributed by atoms with Gasteiger partial charge in [0, 0.05) is 19.3 Å². The molecule has 0 saturated heterocycles. The molecule has 0 aromatic carbocycles. The van der Waals surface area contributed by atoms with E-state index in [1.54, 1.807) is 6.33 Å². The maximum atomic E-state index is 11.3. The summed E-state index contributed by atoms with van der Waals surface area (Å²) in [5, 5.41) is 0. The van der Waals surface area contributed by atoms with Gasteiger partial charge in [-0.25, -0.2) is 4.98 Å². The van der Waals surface area contributed by atoms with E-state index >= 15 is 0 Å². The van der Waals surface area contributed by atoms with Gasteiger partial charge in [0.1, 0.15) is 0 Å². The quantitative estimate of drug-likeness (QED) is 0.675. The number of nitrogens with zero attached hydrogens (tertiary/aromatic N) is 3. The molecule has 0 amide bonds. The first-order chi connectivity index (χ1) is 7.67. The van der Waals surface area contributed by atoms with Crippen LogP contribution in [0.2, 0.25) is 0 Å². The molecule has 1 aromatic rings. The number of esters is 1. The Kier molecular flexibility index (Phi) is 4.98. The first-order valence-corrected chi connectivity index (χ1v) is 5.50. The van der Waals surface area contributed by atoms with Gasteiger partial charge in [-0.2, -0.15) is 0 Å². The first kappa shape index (κ1) is 12.7. The number of rotatable bonds is 6. The lowest BCUT2D eigenvalue weighted by Crippen LogP contribution is -2.27. The number of likely N-dealkylation sites (N-methyl/N-ethyl adjacent to an activating group) is 1. The molecule has 0 aliphatic heterocycles. The average Bonchev–Trinajstić information content (AvgIpc) is 2.65. The maximum absolute atomic E-state index is 11.3. The van der Waals surface area contributed by atoms with E-state index in [0.29, 0.717) is 19.7 Å². The van der Waals surface area contributed by atoms with Crippen molar-refractivity contribution in [3.8, 4) is 0 Å². The van der Waals surface area contributed by atoms with Crippen LogP contribution in [0.5, 0.6) is 0 Å². The third-order valence-corrected chi connectivity index (χ3v) is 2.28. The molecule has 90 valence electrons. The minimum atomic E-state index is -0.187. The Morgan fingerprint density at radius 1 is 1.56 bits per heavy atom. The van der Waals surface area contributed by atoms with Gasteiger partial charge in [-0.05, 0) is 20.9 Å². The molecule has 0 unspecified atom stereocenters. The van der Waals surface area contributed by atoms with Gasteiger partial charge in [0.15, 0.2) is 0 Å². The fourth-order valence-corrected chi connectivity index (χ4v) is 1.52. The molecule has 0 saturated carbocycles.